The maximum Gasteiger partial charge on any atom is 0.242 e. The number of hydrogen-bond acceptors (Lipinski definition) is 2. The summed E-state index contributed by atoms with van der Waals surface area (Å²) in [6.45, 7) is 2.08. The summed E-state index contributed by atoms with van der Waals surface area (Å²) < 4.78 is 1.82. The molecular weight excluding hydrogens is 204 g/mol. The Hall–Kier alpha value is -1.29. The molecule has 1 aliphatic carbocycles. The van der Waals surface area contributed by atoms with Crippen LogP contribution in [0.2, 0.25) is 0 Å². The van der Waals surface area contributed by atoms with Gasteiger partial charge in [-0.2, -0.15) is 0 Å². The second-order valence-corrected chi connectivity index (χ2v) is 4.53. The van der Waals surface area contributed by atoms with Gasteiger partial charge >= 0.3 is 0 Å². The molecule has 4 nitrogen and oxygen atoms in total. The number of hydrogen-bond donors (Lipinski definition) is 1. The molecule has 1 saturated carbocycles. The third-order valence-electron chi connectivity index (χ3n) is 3.06. The van der Waals surface area contributed by atoms with Crippen LogP contribution in [0.3, 0.4) is 0 Å². The molecule has 1 heterocycles. The van der Waals surface area contributed by atoms with Gasteiger partial charge < -0.3 is 14.6 Å². The van der Waals surface area contributed by atoms with E-state index in [-0.39, 0.29) is 5.91 Å². The first-order valence-corrected chi connectivity index (χ1v) is 5.67. The van der Waals surface area contributed by atoms with Crippen LogP contribution in [-0.4, -0.2) is 33.6 Å². The molecular formula is C12H18N2O2. The van der Waals surface area contributed by atoms with E-state index in [0.29, 0.717) is 12.6 Å². The summed E-state index contributed by atoms with van der Waals surface area (Å²) in [6, 6.07) is 2.30. The third-order valence-corrected chi connectivity index (χ3v) is 3.06. The van der Waals surface area contributed by atoms with Gasteiger partial charge in [0.15, 0.2) is 0 Å². The second-order valence-electron chi connectivity index (χ2n) is 4.53. The molecule has 1 amide bonds. The molecule has 1 fully saturated rings. The quantitative estimate of drug-likeness (QED) is 0.831. The van der Waals surface area contributed by atoms with E-state index in [2.05, 4.69) is 0 Å². The summed E-state index contributed by atoms with van der Waals surface area (Å²) in [6.07, 6.45) is 5.45. The maximum absolute atomic E-state index is 11.8. The molecule has 16 heavy (non-hydrogen) atoms. The van der Waals surface area contributed by atoms with Crippen molar-refractivity contribution in [3.05, 3.63) is 24.0 Å². The molecule has 1 N–H and O–H groups in total. The smallest absolute Gasteiger partial charge is 0.242 e. The van der Waals surface area contributed by atoms with Crippen molar-refractivity contribution in [2.75, 3.05) is 7.05 Å². The number of nitrogens with zero attached hydrogens (tertiary/aromatic N) is 2. The molecule has 0 saturated heterocycles. The van der Waals surface area contributed by atoms with Crippen molar-refractivity contribution < 1.29 is 9.90 Å². The number of rotatable bonds is 4. The number of carbonyl (C=O) groups excluding carboxylic acids is 1. The van der Waals surface area contributed by atoms with Gasteiger partial charge in [-0.25, -0.2) is 0 Å². The Morgan fingerprint density at radius 2 is 2.38 bits per heavy atom. The lowest BCUT2D eigenvalue weighted by atomic mass is 10.2. The monoisotopic (exact) mass is 222 g/mol. The van der Waals surface area contributed by atoms with E-state index in [1.165, 1.54) is 0 Å². The highest BCUT2D eigenvalue weighted by Gasteiger charge is 2.29. The Kier molecular flexibility index (Phi) is 3.01. The van der Waals surface area contributed by atoms with Gasteiger partial charge in [-0.3, -0.25) is 4.79 Å². The number of likely N-dealkylation sites (N-methyl/N-ethyl adjacent to an activating group) is 1. The van der Waals surface area contributed by atoms with E-state index in [4.69, 9.17) is 0 Å². The first-order chi connectivity index (χ1) is 7.58. The lowest BCUT2D eigenvalue weighted by molar-refractivity contribution is -0.131. The van der Waals surface area contributed by atoms with Crippen molar-refractivity contribution in [3.63, 3.8) is 0 Å². The fourth-order valence-corrected chi connectivity index (χ4v) is 1.74. The Bertz CT molecular complexity index is 380. The van der Waals surface area contributed by atoms with Gasteiger partial charge in [0.25, 0.3) is 0 Å². The number of aliphatic hydroxyl groups excluding tert-OH is 1. The highest BCUT2D eigenvalue weighted by atomic mass is 16.3. The molecule has 4 heteroatoms. The first kappa shape index (κ1) is 11.2. The van der Waals surface area contributed by atoms with Gasteiger partial charge in [0.05, 0.1) is 6.10 Å². The van der Waals surface area contributed by atoms with Crippen LogP contribution >= 0.6 is 0 Å². The largest absolute Gasteiger partial charge is 0.389 e. The van der Waals surface area contributed by atoms with Crippen LogP contribution in [0, 0.1) is 0 Å². The lowest BCUT2D eigenvalue weighted by Gasteiger charge is -2.16. The number of aliphatic hydroxyl groups is 1. The first-order valence-electron chi connectivity index (χ1n) is 5.67. The zero-order chi connectivity index (χ0) is 11.7. The van der Waals surface area contributed by atoms with Crippen LogP contribution in [0.4, 0.5) is 0 Å². The van der Waals surface area contributed by atoms with Gasteiger partial charge in [-0.15, -0.1) is 0 Å². The molecule has 1 atom stereocenters. The van der Waals surface area contributed by atoms with Crippen LogP contribution in [0.15, 0.2) is 18.5 Å². The van der Waals surface area contributed by atoms with E-state index < -0.39 is 6.10 Å². The second kappa shape index (κ2) is 4.29. The van der Waals surface area contributed by atoms with Crippen LogP contribution < -0.4 is 0 Å². The topological polar surface area (TPSA) is 45.5 Å². The van der Waals surface area contributed by atoms with E-state index in [0.717, 1.165) is 18.4 Å². The van der Waals surface area contributed by atoms with E-state index in [9.17, 15) is 9.90 Å². The minimum atomic E-state index is -0.475. The summed E-state index contributed by atoms with van der Waals surface area (Å²) >= 11 is 0. The zero-order valence-electron chi connectivity index (χ0n) is 9.76. The summed E-state index contributed by atoms with van der Waals surface area (Å²) in [4.78, 5) is 13.6. The highest BCUT2D eigenvalue weighted by Crippen LogP contribution is 2.25. The molecule has 1 aliphatic rings. The number of amides is 1. The minimum Gasteiger partial charge on any atom is -0.389 e. The lowest BCUT2D eigenvalue weighted by Crippen LogP contribution is -2.31. The van der Waals surface area contributed by atoms with Gasteiger partial charge in [-0.1, -0.05) is 0 Å². The molecule has 0 bridgehead atoms. The normalized spacial score (nSPS) is 17.2. The molecule has 88 valence electrons. The van der Waals surface area contributed by atoms with Crippen LogP contribution in [0.5, 0.6) is 0 Å². The van der Waals surface area contributed by atoms with Crippen LogP contribution in [0.25, 0.3) is 0 Å². The summed E-state index contributed by atoms with van der Waals surface area (Å²) in [5.74, 6) is 0.134. The molecule has 0 radical (unpaired) electrons. The van der Waals surface area contributed by atoms with E-state index in [1.54, 1.807) is 6.92 Å². The van der Waals surface area contributed by atoms with Crippen molar-refractivity contribution in [2.24, 2.45) is 0 Å². The molecule has 1 unspecified atom stereocenters. The predicted octanol–water partition coefficient (Wildman–Crippen LogP) is 1.16. The summed E-state index contributed by atoms with van der Waals surface area (Å²) in [7, 11) is 1.86. The molecule has 0 aromatic carbocycles. The predicted molar refractivity (Wildman–Crippen MR) is 60.9 cm³/mol. The summed E-state index contributed by atoms with van der Waals surface area (Å²) in [5.41, 5.74) is 0.849. The maximum atomic E-state index is 11.8. The molecule has 1 aromatic rings. The SMILES string of the molecule is CC(O)c1ccn(CC(=O)N(C)C2CC2)c1. The van der Waals surface area contributed by atoms with Gasteiger partial charge in [0.2, 0.25) is 5.91 Å². The summed E-state index contributed by atoms with van der Waals surface area (Å²) in [5, 5.41) is 9.37. The third kappa shape index (κ3) is 2.44. The Morgan fingerprint density at radius 1 is 1.69 bits per heavy atom. The molecule has 0 spiro atoms. The van der Waals surface area contributed by atoms with Crippen LogP contribution in [-0.2, 0) is 11.3 Å². The van der Waals surface area contributed by atoms with Crippen molar-refractivity contribution in [1.82, 2.24) is 9.47 Å². The van der Waals surface area contributed by atoms with Crippen molar-refractivity contribution in [3.8, 4) is 0 Å². The van der Waals surface area contributed by atoms with Gasteiger partial charge in [0, 0.05) is 25.5 Å². The fourth-order valence-electron chi connectivity index (χ4n) is 1.74. The number of carbonyl (C=O) groups is 1. The van der Waals surface area contributed by atoms with E-state index >= 15 is 0 Å². The van der Waals surface area contributed by atoms with Gasteiger partial charge in [0.1, 0.15) is 6.54 Å². The fraction of sp³-hybridized carbons (Fsp3) is 0.583. The van der Waals surface area contributed by atoms with Crippen molar-refractivity contribution >= 4 is 5.91 Å². The van der Waals surface area contributed by atoms with E-state index in [1.807, 2.05) is 35.0 Å². The Balaban J connectivity index is 1.94. The highest BCUT2D eigenvalue weighted by molar-refractivity contribution is 5.76. The zero-order valence-corrected chi connectivity index (χ0v) is 9.76. The molecule has 2 rings (SSSR count). The Morgan fingerprint density at radius 3 is 2.88 bits per heavy atom. The molecule has 0 aliphatic heterocycles. The average Bonchev–Trinajstić information content (AvgIpc) is 2.97. The standard InChI is InChI=1S/C12H18N2O2/c1-9(15)10-5-6-14(7-10)8-12(16)13(2)11-3-4-11/h5-7,9,11,15H,3-4,8H2,1-2H3. The van der Waals surface area contributed by atoms with Gasteiger partial charge in [-0.05, 0) is 31.4 Å². The molecule has 1 aromatic heterocycles. The minimum absolute atomic E-state index is 0.134. The van der Waals surface area contributed by atoms with Crippen molar-refractivity contribution in [2.45, 2.75) is 38.5 Å². The number of aromatic nitrogens is 1. The Labute approximate surface area is 95.5 Å². The van der Waals surface area contributed by atoms with Crippen LogP contribution in [0.1, 0.15) is 31.4 Å². The average molecular weight is 222 g/mol. The van der Waals surface area contributed by atoms with Crippen molar-refractivity contribution in [1.29, 1.82) is 0 Å².